The minimum atomic E-state index is -3.52. The molecule has 120 valence electrons. The van der Waals surface area contributed by atoms with Gasteiger partial charge in [-0.3, -0.25) is 0 Å². The third-order valence-corrected chi connectivity index (χ3v) is 7.11. The van der Waals surface area contributed by atoms with E-state index in [0.717, 1.165) is 4.88 Å². The van der Waals surface area contributed by atoms with Crippen molar-refractivity contribution in [1.82, 2.24) is 10.0 Å². The molecule has 0 radical (unpaired) electrons. The third kappa shape index (κ3) is 4.49. The minimum Gasteiger partial charge on any atom is -0.377 e. The summed E-state index contributed by atoms with van der Waals surface area (Å²) in [5.41, 5.74) is 0. The second-order valence-electron chi connectivity index (χ2n) is 5.48. The molecule has 2 heterocycles. The lowest BCUT2D eigenvalue weighted by atomic mass is 10.2. The molecule has 0 bridgehead atoms. The van der Waals surface area contributed by atoms with Crippen molar-refractivity contribution in [3.8, 4) is 0 Å². The second kappa shape index (κ2) is 7.06. The fraction of sp³-hybridized carbons (Fsp3) is 0.692. The Labute approximate surface area is 138 Å². The lowest BCUT2D eigenvalue weighted by Gasteiger charge is -2.15. The normalized spacial score (nSPS) is 23.1. The van der Waals surface area contributed by atoms with Gasteiger partial charge in [0.15, 0.2) is 0 Å². The minimum absolute atomic E-state index is 0.0840. The molecule has 1 fully saturated rings. The summed E-state index contributed by atoms with van der Waals surface area (Å²) in [7, 11) is -3.52. The number of hydrogen-bond donors (Lipinski definition) is 2. The Hall–Kier alpha value is 0.01000. The van der Waals surface area contributed by atoms with Crippen LogP contribution in [0.15, 0.2) is 14.7 Å². The van der Waals surface area contributed by atoms with E-state index in [4.69, 9.17) is 4.74 Å². The van der Waals surface area contributed by atoms with Crippen molar-refractivity contribution in [3.63, 3.8) is 0 Å². The van der Waals surface area contributed by atoms with Crippen molar-refractivity contribution in [2.75, 3.05) is 6.61 Å². The molecule has 2 atom stereocenters. The van der Waals surface area contributed by atoms with E-state index in [-0.39, 0.29) is 12.1 Å². The van der Waals surface area contributed by atoms with Gasteiger partial charge in [0.2, 0.25) is 10.0 Å². The molecule has 0 aromatic carbocycles. The molecule has 21 heavy (non-hydrogen) atoms. The van der Waals surface area contributed by atoms with Gasteiger partial charge in [0.05, 0.1) is 15.9 Å². The maximum atomic E-state index is 12.5. The highest BCUT2D eigenvalue weighted by atomic mass is 79.9. The van der Waals surface area contributed by atoms with Gasteiger partial charge in [-0.15, -0.1) is 11.3 Å². The van der Waals surface area contributed by atoms with Gasteiger partial charge >= 0.3 is 0 Å². The molecule has 1 aliphatic rings. The van der Waals surface area contributed by atoms with E-state index in [1.165, 1.54) is 11.3 Å². The summed E-state index contributed by atoms with van der Waals surface area (Å²) in [5.74, 6) is 0. The van der Waals surface area contributed by atoms with Crippen LogP contribution in [0.3, 0.4) is 0 Å². The van der Waals surface area contributed by atoms with Crippen LogP contribution in [0.5, 0.6) is 0 Å². The van der Waals surface area contributed by atoms with E-state index in [2.05, 4.69) is 39.8 Å². The zero-order valence-electron chi connectivity index (χ0n) is 12.3. The quantitative estimate of drug-likeness (QED) is 0.774. The molecule has 0 amide bonds. The highest BCUT2D eigenvalue weighted by Crippen LogP contribution is 2.32. The van der Waals surface area contributed by atoms with E-state index < -0.39 is 10.0 Å². The third-order valence-electron chi connectivity index (χ3n) is 3.36. The van der Waals surface area contributed by atoms with Crippen molar-refractivity contribution in [2.24, 2.45) is 0 Å². The van der Waals surface area contributed by atoms with Gasteiger partial charge in [-0.1, -0.05) is 13.8 Å². The first kappa shape index (κ1) is 17.4. The van der Waals surface area contributed by atoms with Crippen molar-refractivity contribution >= 4 is 37.3 Å². The summed E-state index contributed by atoms with van der Waals surface area (Å²) in [6.07, 6.45) is 0.628. The predicted molar refractivity (Wildman–Crippen MR) is 88.1 cm³/mol. The van der Waals surface area contributed by atoms with Crippen LogP contribution < -0.4 is 10.0 Å². The van der Waals surface area contributed by atoms with Crippen LogP contribution in [-0.4, -0.2) is 33.2 Å². The van der Waals surface area contributed by atoms with Crippen LogP contribution >= 0.6 is 27.3 Å². The van der Waals surface area contributed by atoms with E-state index in [1.807, 2.05) is 6.92 Å². The SMILES string of the molecule is CC(C)NCc1cc(S(=O)(=O)NC2CCOC2C)c(Br)s1. The fourth-order valence-corrected chi connectivity index (χ4v) is 6.09. The van der Waals surface area contributed by atoms with Gasteiger partial charge in [-0.2, -0.15) is 0 Å². The Balaban J connectivity index is 2.12. The standard InChI is InChI=1S/C13H21BrN2O3S2/c1-8(2)15-7-10-6-12(13(14)20-10)21(17,18)16-11-4-5-19-9(11)3/h6,8-9,11,15-16H,4-5,7H2,1-3H3. The van der Waals surface area contributed by atoms with Gasteiger partial charge in [0.1, 0.15) is 4.90 Å². The Morgan fingerprint density at radius 3 is 2.81 bits per heavy atom. The average Bonchev–Trinajstić information content (AvgIpc) is 2.94. The molecule has 2 rings (SSSR count). The van der Waals surface area contributed by atoms with Crippen LogP contribution in [0.25, 0.3) is 0 Å². The molecule has 1 aromatic heterocycles. The first-order valence-corrected chi connectivity index (χ1v) is 10.0. The molecule has 0 aliphatic carbocycles. The van der Waals surface area contributed by atoms with Crippen LogP contribution in [0.4, 0.5) is 0 Å². The van der Waals surface area contributed by atoms with Crippen LogP contribution in [-0.2, 0) is 21.3 Å². The van der Waals surface area contributed by atoms with Crippen molar-refractivity contribution < 1.29 is 13.2 Å². The highest BCUT2D eigenvalue weighted by Gasteiger charge is 2.30. The number of ether oxygens (including phenoxy) is 1. The summed E-state index contributed by atoms with van der Waals surface area (Å²) < 4.78 is 33.8. The molecule has 0 spiro atoms. The molecule has 2 N–H and O–H groups in total. The Bertz CT molecular complexity index is 586. The number of sulfonamides is 1. The van der Waals surface area contributed by atoms with Gasteiger partial charge in [-0.05, 0) is 35.3 Å². The molecule has 0 saturated carbocycles. The van der Waals surface area contributed by atoms with Gasteiger partial charge < -0.3 is 10.1 Å². The zero-order valence-corrected chi connectivity index (χ0v) is 15.6. The summed E-state index contributed by atoms with van der Waals surface area (Å²) in [6, 6.07) is 1.94. The summed E-state index contributed by atoms with van der Waals surface area (Å²) in [5, 5.41) is 3.29. The number of thiophene rings is 1. The summed E-state index contributed by atoms with van der Waals surface area (Å²) >= 11 is 4.81. The highest BCUT2D eigenvalue weighted by molar-refractivity contribution is 9.11. The Kier molecular flexibility index (Phi) is 5.84. The first-order valence-electron chi connectivity index (χ1n) is 6.95. The largest absolute Gasteiger partial charge is 0.377 e. The van der Waals surface area contributed by atoms with Gasteiger partial charge in [0, 0.05) is 24.1 Å². The number of nitrogens with one attached hydrogen (secondary N) is 2. The number of hydrogen-bond acceptors (Lipinski definition) is 5. The number of halogens is 1. The molecule has 8 heteroatoms. The average molecular weight is 397 g/mol. The van der Waals surface area contributed by atoms with Crippen molar-refractivity contribution in [3.05, 3.63) is 14.7 Å². The maximum absolute atomic E-state index is 12.5. The molecule has 1 aliphatic heterocycles. The number of rotatable bonds is 6. The fourth-order valence-electron chi connectivity index (χ4n) is 2.12. The topological polar surface area (TPSA) is 67.4 Å². The van der Waals surface area contributed by atoms with Crippen LogP contribution in [0.2, 0.25) is 0 Å². The molecular formula is C13H21BrN2O3S2. The summed E-state index contributed by atoms with van der Waals surface area (Å²) in [6.45, 7) is 7.27. The van der Waals surface area contributed by atoms with Crippen molar-refractivity contribution in [2.45, 2.75) is 56.8 Å². The van der Waals surface area contributed by atoms with Crippen molar-refractivity contribution in [1.29, 1.82) is 0 Å². The van der Waals surface area contributed by atoms with Crippen LogP contribution in [0, 0.1) is 0 Å². The van der Waals surface area contributed by atoms with E-state index >= 15 is 0 Å². The second-order valence-corrected chi connectivity index (χ2v) is 9.62. The lowest BCUT2D eigenvalue weighted by molar-refractivity contribution is 0.117. The van der Waals surface area contributed by atoms with E-state index in [9.17, 15) is 8.42 Å². The monoisotopic (exact) mass is 396 g/mol. The molecule has 1 aromatic rings. The first-order chi connectivity index (χ1) is 9.79. The van der Waals surface area contributed by atoms with Gasteiger partial charge in [0.25, 0.3) is 0 Å². The molecule has 1 saturated heterocycles. The molecule has 2 unspecified atom stereocenters. The smallest absolute Gasteiger partial charge is 0.242 e. The zero-order chi connectivity index (χ0) is 15.6. The van der Waals surface area contributed by atoms with Gasteiger partial charge in [-0.25, -0.2) is 13.1 Å². The maximum Gasteiger partial charge on any atom is 0.242 e. The van der Waals surface area contributed by atoms with Crippen LogP contribution in [0.1, 0.15) is 32.1 Å². The lowest BCUT2D eigenvalue weighted by Crippen LogP contribution is -2.39. The van der Waals surface area contributed by atoms with E-state index in [1.54, 1.807) is 6.07 Å². The summed E-state index contributed by atoms with van der Waals surface area (Å²) in [4.78, 5) is 1.30. The van der Waals surface area contributed by atoms with E-state index in [0.29, 0.717) is 34.3 Å². The Morgan fingerprint density at radius 2 is 2.24 bits per heavy atom. The Morgan fingerprint density at radius 1 is 1.52 bits per heavy atom. The molecule has 5 nitrogen and oxygen atoms in total. The molecular weight excluding hydrogens is 376 g/mol. The predicted octanol–water partition coefficient (Wildman–Crippen LogP) is 2.46.